The van der Waals surface area contributed by atoms with E-state index in [0.29, 0.717) is 10.7 Å². The lowest BCUT2D eigenvalue weighted by Gasteiger charge is -2.32. The molecule has 0 aliphatic rings. The molecule has 0 saturated carbocycles. The van der Waals surface area contributed by atoms with Crippen molar-refractivity contribution < 1.29 is 18.0 Å². The predicted octanol–water partition coefficient (Wildman–Crippen LogP) is 4.48. The lowest BCUT2D eigenvalue weighted by molar-refractivity contribution is -0.139. The Kier molecular flexibility index (Phi) is 9.12. The van der Waals surface area contributed by atoms with Crippen LogP contribution < -0.4 is 9.62 Å². The minimum atomic E-state index is -4.06. The number of hydrogen-bond acceptors (Lipinski definition) is 4. The fourth-order valence-electron chi connectivity index (χ4n) is 3.62. The maximum atomic E-state index is 13.7. The molecule has 36 heavy (non-hydrogen) atoms. The monoisotopic (exact) mass is 527 g/mol. The third kappa shape index (κ3) is 6.86. The van der Waals surface area contributed by atoms with E-state index in [1.807, 2.05) is 13.8 Å². The number of halogens is 1. The molecule has 0 spiro atoms. The van der Waals surface area contributed by atoms with Gasteiger partial charge in [0, 0.05) is 17.6 Å². The van der Waals surface area contributed by atoms with Crippen LogP contribution in [0.5, 0.6) is 0 Å². The Morgan fingerprint density at radius 2 is 1.42 bits per heavy atom. The van der Waals surface area contributed by atoms with Gasteiger partial charge < -0.3 is 10.2 Å². The molecule has 0 unspecified atom stereocenters. The third-order valence-corrected chi connectivity index (χ3v) is 7.56. The van der Waals surface area contributed by atoms with Gasteiger partial charge in [-0.25, -0.2) is 8.42 Å². The molecule has 3 aromatic carbocycles. The van der Waals surface area contributed by atoms with Crippen molar-refractivity contribution in [2.75, 3.05) is 10.8 Å². The third-order valence-electron chi connectivity index (χ3n) is 5.52. The van der Waals surface area contributed by atoms with Gasteiger partial charge in [0.1, 0.15) is 12.6 Å². The first kappa shape index (κ1) is 27.2. The Morgan fingerprint density at radius 3 is 1.97 bits per heavy atom. The molecule has 7 nitrogen and oxygen atoms in total. The molecule has 0 saturated heterocycles. The van der Waals surface area contributed by atoms with Gasteiger partial charge in [0.2, 0.25) is 11.8 Å². The van der Waals surface area contributed by atoms with E-state index in [4.69, 9.17) is 11.6 Å². The normalized spacial score (nSPS) is 12.1. The molecule has 1 atom stereocenters. The molecule has 0 radical (unpaired) electrons. The molecule has 0 aliphatic carbocycles. The predicted molar refractivity (Wildman–Crippen MR) is 142 cm³/mol. The highest BCUT2D eigenvalue weighted by Crippen LogP contribution is 2.24. The second-order valence-corrected chi connectivity index (χ2v) is 10.9. The van der Waals surface area contributed by atoms with Crippen LogP contribution in [0.15, 0.2) is 89.8 Å². The quantitative estimate of drug-likeness (QED) is 0.421. The summed E-state index contributed by atoms with van der Waals surface area (Å²) in [7, 11) is -4.06. The summed E-state index contributed by atoms with van der Waals surface area (Å²) in [5.74, 6) is -0.843. The molecule has 0 aromatic heterocycles. The maximum Gasteiger partial charge on any atom is 0.264 e. The van der Waals surface area contributed by atoms with Crippen LogP contribution in [0.25, 0.3) is 0 Å². The van der Waals surface area contributed by atoms with Gasteiger partial charge in [-0.1, -0.05) is 60.1 Å². The van der Waals surface area contributed by atoms with Gasteiger partial charge in [-0.05, 0) is 62.7 Å². The smallest absolute Gasteiger partial charge is 0.264 e. The highest BCUT2D eigenvalue weighted by atomic mass is 35.5. The van der Waals surface area contributed by atoms with E-state index in [2.05, 4.69) is 5.32 Å². The first-order chi connectivity index (χ1) is 17.1. The molecule has 0 bridgehead atoms. The van der Waals surface area contributed by atoms with Gasteiger partial charge in [-0.2, -0.15) is 0 Å². The van der Waals surface area contributed by atoms with E-state index in [1.54, 1.807) is 79.7 Å². The van der Waals surface area contributed by atoms with Crippen molar-refractivity contribution in [1.82, 2.24) is 10.2 Å². The number of sulfonamides is 1. The van der Waals surface area contributed by atoms with Gasteiger partial charge in [0.05, 0.1) is 10.6 Å². The van der Waals surface area contributed by atoms with E-state index in [1.165, 1.54) is 17.0 Å². The highest BCUT2D eigenvalue weighted by molar-refractivity contribution is 7.92. The van der Waals surface area contributed by atoms with Crippen molar-refractivity contribution >= 4 is 39.1 Å². The molecule has 2 amide bonds. The molecule has 9 heteroatoms. The molecule has 3 aromatic rings. The molecule has 1 N–H and O–H groups in total. The number of carbonyl (C=O) groups excluding carboxylic acids is 2. The lowest BCUT2D eigenvalue weighted by Crippen LogP contribution is -2.52. The SMILES string of the molecule is CC(C)NC(=O)[C@@H](C)N(Cc1ccc(Cl)cc1)C(=O)CN(c1ccccc1)S(=O)(=O)c1ccccc1. The first-order valence-electron chi connectivity index (χ1n) is 11.6. The van der Waals surface area contributed by atoms with Crippen molar-refractivity contribution in [1.29, 1.82) is 0 Å². The number of amides is 2. The largest absolute Gasteiger partial charge is 0.352 e. The summed E-state index contributed by atoms with van der Waals surface area (Å²) in [5, 5.41) is 3.38. The Labute approximate surface area is 217 Å². The number of para-hydroxylation sites is 1. The second kappa shape index (κ2) is 12.1. The number of carbonyl (C=O) groups is 2. The zero-order valence-corrected chi connectivity index (χ0v) is 22.0. The summed E-state index contributed by atoms with van der Waals surface area (Å²) in [4.78, 5) is 28.0. The Bertz CT molecular complexity index is 1270. The van der Waals surface area contributed by atoms with E-state index in [9.17, 15) is 18.0 Å². The summed E-state index contributed by atoms with van der Waals surface area (Å²) < 4.78 is 28.3. The molecule has 0 heterocycles. The van der Waals surface area contributed by atoms with Crippen LogP contribution in [0.1, 0.15) is 26.3 Å². The standard InChI is InChI=1S/C27H30ClN3O4S/c1-20(2)29-27(33)21(3)30(18-22-14-16-23(28)17-15-22)26(32)19-31(24-10-6-4-7-11-24)36(34,35)25-12-8-5-9-13-25/h4-17,20-21H,18-19H2,1-3H3,(H,29,33)/t21-/m1/s1. The summed E-state index contributed by atoms with van der Waals surface area (Å²) in [6.07, 6.45) is 0. The summed E-state index contributed by atoms with van der Waals surface area (Å²) in [6, 6.07) is 22.4. The average Bonchev–Trinajstić information content (AvgIpc) is 2.87. The second-order valence-electron chi connectivity index (χ2n) is 8.65. The molecule has 0 fully saturated rings. The average molecular weight is 528 g/mol. The Morgan fingerprint density at radius 1 is 0.861 bits per heavy atom. The lowest BCUT2D eigenvalue weighted by atomic mass is 10.1. The van der Waals surface area contributed by atoms with E-state index in [0.717, 1.165) is 9.87 Å². The van der Waals surface area contributed by atoms with Crippen LogP contribution in [0, 0.1) is 0 Å². The van der Waals surface area contributed by atoms with Crippen molar-refractivity contribution in [2.24, 2.45) is 0 Å². The van der Waals surface area contributed by atoms with E-state index in [-0.39, 0.29) is 23.4 Å². The first-order valence-corrected chi connectivity index (χ1v) is 13.4. The number of nitrogens with one attached hydrogen (secondary N) is 1. The summed E-state index contributed by atoms with van der Waals surface area (Å²) >= 11 is 6.01. The van der Waals surface area contributed by atoms with Gasteiger partial charge in [-0.3, -0.25) is 13.9 Å². The molecular weight excluding hydrogens is 498 g/mol. The van der Waals surface area contributed by atoms with Crippen LogP contribution in [-0.2, 0) is 26.2 Å². The van der Waals surface area contributed by atoms with Gasteiger partial charge in [0.25, 0.3) is 10.0 Å². The summed E-state index contributed by atoms with van der Waals surface area (Å²) in [5.41, 5.74) is 1.11. The van der Waals surface area contributed by atoms with Crippen LogP contribution in [0.3, 0.4) is 0 Å². The number of rotatable bonds is 10. The van der Waals surface area contributed by atoms with Crippen LogP contribution in [-0.4, -0.2) is 43.8 Å². The molecule has 3 rings (SSSR count). The summed E-state index contributed by atoms with van der Waals surface area (Å²) in [6.45, 7) is 4.92. The van der Waals surface area contributed by atoms with E-state index < -0.39 is 28.5 Å². The highest BCUT2D eigenvalue weighted by Gasteiger charge is 2.32. The fraction of sp³-hybridized carbons (Fsp3) is 0.259. The zero-order valence-electron chi connectivity index (χ0n) is 20.5. The van der Waals surface area contributed by atoms with Crippen molar-refractivity contribution in [3.8, 4) is 0 Å². The van der Waals surface area contributed by atoms with Crippen LogP contribution in [0.4, 0.5) is 5.69 Å². The number of anilines is 1. The van der Waals surface area contributed by atoms with Crippen molar-refractivity contribution in [3.05, 3.63) is 95.5 Å². The van der Waals surface area contributed by atoms with Gasteiger partial charge in [-0.15, -0.1) is 0 Å². The van der Waals surface area contributed by atoms with Crippen molar-refractivity contribution in [2.45, 2.75) is 44.3 Å². The number of benzene rings is 3. The Balaban J connectivity index is 1.98. The minimum absolute atomic E-state index is 0.0662. The number of hydrogen-bond donors (Lipinski definition) is 1. The van der Waals surface area contributed by atoms with Gasteiger partial charge >= 0.3 is 0 Å². The van der Waals surface area contributed by atoms with Crippen LogP contribution >= 0.6 is 11.6 Å². The number of nitrogens with zero attached hydrogens (tertiary/aromatic N) is 2. The fourth-order valence-corrected chi connectivity index (χ4v) is 5.18. The Hall–Kier alpha value is -3.36. The minimum Gasteiger partial charge on any atom is -0.352 e. The molecular formula is C27H30ClN3O4S. The zero-order chi connectivity index (χ0) is 26.3. The van der Waals surface area contributed by atoms with Crippen LogP contribution in [0.2, 0.25) is 5.02 Å². The topological polar surface area (TPSA) is 86.8 Å². The van der Waals surface area contributed by atoms with E-state index >= 15 is 0 Å². The van der Waals surface area contributed by atoms with Gasteiger partial charge in [0.15, 0.2) is 0 Å². The maximum absolute atomic E-state index is 13.7. The molecule has 0 aliphatic heterocycles. The molecule has 190 valence electrons. The van der Waals surface area contributed by atoms with Crippen molar-refractivity contribution in [3.63, 3.8) is 0 Å².